The van der Waals surface area contributed by atoms with E-state index < -0.39 is 9.84 Å². The molecule has 158 valence electrons. The highest BCUT2D eigenvalue weighted by molar-refractivity contribution is 7.90. The first-order chi connectivity index (χ1) is 13.7. The highest BCUT2D eigenvalue weighted by atomic mass is 32.2. The van der Waals surface area contributed by atoms with Crippen LogP contribution in [0.2, 0.25) is 0 Å². The third-order valence-electron chi connectivity index (χ3n) is 5.43. The highest BCUT2D eigenvalue weighted by Crippen LogP contribution is 2.24. The topological polar surface area (TPSA) is 71.8 Å². The summed E-state index contributed by atoms with van der Waals surface area (Å²) in [6, 6.07) is 9.72. The van der Waals surface area contributed by atoms with Crippen molar-refractivity contribution >= 4 is 15.7 Å². The number of sulfone groups is 1. The van der Waals surface area contributed by atoms with Crippen LogP contribution >= 0.6 is 0 Å². The number of methoxy groups -OCH3 is 1. The molecule has 3 rings (SSSR count). The molecule has 1 aromatic carbocycles. The predicted octanol–water partition coefficient (Wildman–Crippen LogP) is 1.91. The first kappa shape index (κ1) is 21.4. The smallest absolute Gasteiger partial charge is 0.255 e. The number of carbonyl (C=O) groups excluding carboxylic acids is 1. The van der Waals surface area contributed by atoms with Crippen LogP contribution in [0.15, 0.2) is 30.3 Å². The van der Waals surface area contributed by atoms with Crippen LogP contribution in [0.25, 0.3) is 5.69 Å². The number of piperazine rings is 1. The molecule has 0 N–H and O–H groups in total. The maximum Gasteiger partial charge on any atom is 0.255 e. The number of aryl methyl sites for hydroxylation is 1. The number of ether oxygens (including phenoxy) is 1. The van der Waals surface area contributed by atoms with Crippen molar-refractivity contribution in [1.29, 1.82) is 0 Å². The summed E-state index contributed by atoms with van der Waals surface area (Å²) in [6.07, 6.45) is 1.26. The van der Waals surface area contributed by atoms with E-state index in [0.717, 1.165) is 22.8 Å². The zero-order valence-corrected chi connectivity index (χ0v) is 18.3. The molecule has 0 aliphatic carbocycles. The second kappa shape index (κ2) is 8.59. The molecular weight excluding hydrogens is 390 g/mol. The van der Waals surface area contributed by atoms with E-state index in [-0.39, 0.29) is 11.7 Å². The standard InChI is InChI=1S/C21H29N3O4S/c1-16-15-20(17(2)24(16)18-5-7-19(28-3)8-6-18)21(25)23-11-9-22(10-12-23)13-14-29(4,26)27/h5-8,15H,9-14H2,1-4H3. The molecule has 1 aromatic heterocycles. The van der Waals surface area contributed by atoms with Gasteiger partial charge in [0.2, 0.25) is 0 Å². The fourth-order valence-corrected chi connectivity index (χ4v) is 4.34. The summed E-state index contributed by atoms with van der Waals surface area (Å²) in [5.41, 5.74) is 3.62. The Balaban J connectivity index is 1.70. The van der Waals surface area contributed by atoms with Crippen molar-refractivity contribution in [2.24, 2.45) is 0 Å². The molecule has 2 heterocycles. The quantitative estimate of drug-likeness (QED) is 0.715. The number of carbonyl (C=O) groups is 1. The van der Waals surface area contributed by atoms with E-state index in [1.165, 1.54) is 6.26 Å². The van der Waals surface area contributed by atoms with Crippen molar-refractivity contribution in [3.8, 4) is 11.4 Å². The molecule has 0 radical (unpaired) electrons. The third kappa shape index (κ3) is 5.00. The Bertz CT molecular complexity index is 972. The first-order valence-corrected chi connectivity index (χ1v) is 11.8. The molecule has 0 unspecified atom stereocenters. The van der Waals surface area contributed by atoms with Gasteiger partial charge in [-0.25, -0.2) is 8.42 Å². The van der Waals surface area contributed by atoms with E-state index >= 15 is 0 Å². The first-order valence-electron chi connectivity index (χ1n) is 9.72. The summed E-state index contributed by atoms with van der Waals surface area (Å²) in [7, 11) is -1.33. The van der Waals surface area contributed by atoms with Crippen LogP contribution in [0.5, 0.6) is 5.75 Å². The SMILES string of the molecule is COc1ccc(-n2c(C)cc(C(=O)N3CCN(CCS(C)(=O)=O)CC3)c2C)cc1. The largest absolute Gasteiger partial charge is 0.497 e. The normalized spacial score (nSPS) is 15.5. The summed E-state index contributed by atoms with van der Waals surface area (Å²) < 4.78 is 30.0. The van der Waals surface area contributed by atoms with Crippen LogP contribution in [0.4, 0.5) is 0 Å². The Kier molecular flexibility index (Phi) is 6.33. The monoisotopic (exact) mass is 419 g/mol. The van der Waals surface area contributed by atoms with Crippen molar-refractivity contribution in [1.82, 2.24) is 14.4 Å². The average Bonchev–Trinajstić information content (AvgIpc) is 3.00. The van der Waals surface area contributed by atoms with Crippen LogP contribution in [-0.4, -0.2) is 80.5 Å². The minimum absolute atomic E-state index is 0.0284. The minimum Gasteiger partial charge on any atom is -0.497 e. The number of nitrogens with zero attached hydrogens (tertiary/aromatic N) is 3. The molecule has 7 nitrogen and oxygen atoms in total. The molecule has 0 atom stereocenters. The van der Waals surface area contributed by atoms with Crippen LogP contribution in [-0.2, 0) is 9.84 Å². The number of hydrogen-bond donors (Lipinski definition) is 0. The van der Waals surface area contributed by atoms with Gasteiger partial charge < -0.3 is 14.2 Å². The fraction of sp³-hybridized carbons (Fsp3) is 0.476. The second-order valence-electron chi connectivity index (χ2n) is 7.58. The lowest BCUT2D eigenvalue weighted by Gasteiger charge is -2.34. The van der Waals surface area contributed by atoms with Crippen molar-refractivity contribution < 1.29 is 17.9 Å². The van der Waals surface area contributed by atoms with E-state index in [9.17, 15) is 13.2 Å². The van der Waals surface area contributed by atoms with Gasteiger partial charge in [-0.15, -0.1) is 0 Å². The Hall–Kier alpha value is -2.32. The zero-order valence-electron chi connectivity index (χ0n) is 17.5. The Morgan fingerprint density at radius 3 is 2.24 bits per heavy atom. The fourth-order valence-electron chi connectivity index (χ4n) is 3.75. The zero-order chi connectivity index (χ0) is 21.2. The van der Waals surface area contributed by atoms with Crippen molar-refractivity contribution in [3.63, 3.8) is 0 Å². The van der Waals surface area contributed by atoms with Gasteiger partial charge in [0, 0.05) is 56.1 Å². The molecule has 1 aliphatic heterocycles. The van der Waals surface area contributed by atoms with Gasteiger partial charge in [0.15, 0.2) is 0 Å². The van der Waals surface area contributed by atoms with E-state index in [2.05, 4.69) is 9.47 Å². The van der Waals surface area contributed by atoms with Crippen LogP contribution < -0.4 is 4.74 Å². The van der Waals surface area contributed by atoms with Crippen molar-refractivity contribution in [3.05, 3.63) is 47.3 Å². The number of aromatic nitrogens is 1. The average molecular weight is 420 g/mol. The Morgan fingerprint density at radius 1 is 1.07 bits per heavy atom. The molecule has 8 heteroatoms. The van der Waals surface area contributed by atoms with Gasteiger partial charge in [-0.2, -0.15) is 0 Å². The lowest BCUT2D eigenvalue weighted by molar-refractivity contribution is 0.0643. The lowest BCUT2D eigenvalue weighted by Crippen LogP contribution is -2.49. The predicted molar refractivity (Wildman–Crippen MR) is 114 cm³/mol. The number of rotatable bonds is 6. The van der Waals surface area contributed by atoms with Gasteiger partial charge in [0.05, 0.1) is 18.4 Å². The van der Waals surface area contributed by atoms with E-state index in [4.69, 9.17) is 4.74 Å². The van der Waals surface area contributed by atoms with Crippen LogP contribution in [0, 0.1) is 13.8 Å². The molecule has 2 aromatic rings. The Morgan fingerprint density at radius 2 is 1.69 bits per heavy atom. The maximum atomic E-state index is 13.1. The maximum absolute atomic E-state index is 13.1. The van der Waals surface area contributed by atoms with Gasteiger partial charge >= 0.3 is 0 Å². The third-order valence-corrected chi connectivity index (χ3v) is 6.35. The number of amides is 1. The lowest BCUT2D eigenvalue weighted by atomic mass is 10.2. The summed E-state index contributed by atoms with van der Waals surface area (Å²) in [5.74, 6) is 0.978. The van der Waals surface area contributed by atoms with Gasteiger partial charge in [0.1, 0.15) is 15.6 Å². The van der Waals surface area contributed by atoms with Crippen LogP contribution in [0.1, 0.15) is 21.7 Å². The molecule has 1 saturated heterocycles. The molecular formula is C21H29N3O4S. The van der Waals surface area contributed by atoms with Gasteiger partial charge in [0.25, 0.3) is 5.91 Å². The van der Waals surface area contributed by atoms with Gasteiger partial charge in [-0.1, -0.05) is 0 Å². The molecule has 0 bridgehead atoms. The van der Waals surface area contributed by atoms with E-state index in [1.54, 1.807) is 7.11 Å². The summed E-state index contributed by atoms with van der Waals surface area (Å²) >= 11 is 0. The van der Waals surface area contributed by atoms with Crippen molar-refractivity contribution in [2.75, 3.05) is 51.8 Å². The summed E-state index contributed by atoms with van der Waals surface area (Å²) in [4.78, 5) is 17.1. The number of hydrogen-bond acceptors (Lipinski definition) is 5. The number of benzene rings is 1. The van der Waals surface area contributed by atoms with Crippen molar-refractivity contribution in [2.45, 2.75) is 13.8 Å². The molecule has 0 saturated carbocycles. The van der Waals surface area contributed by atoms with E-state index in [1.807, 2.05) is 49.1 Å². The molecule has 1 amide bonds. The van der Waals surface area contributed by atoms with Crippen LogP contribution in [0.3, 0.4) is 0 Å². The van der Waals surface area contributed by atoms with Gasteiger partial charge in [-0.05, 0) is 44.2 Å². The highest BCUT2D eigenvalue weighted by Gasteiger charge is 2.25. The summed E-state index contributed by atoms with van der Waals surface area (Å²) in [6.45, 7) is 7.08. The molecule has 0 spiro atoms. The molecule has 1 fully saturated rings. The second-order valence-corrected chi connectivity index (χ2v) is 9.84. The Labute approximate surface area is 172 Å². The molecule has 29 heavy (non-hydrogen) atoms. The summed E-state index contributed by atoms with van der Waals surface area (Å²) in [5, 5.41) is 0. The molecule has 1 aliphatic rings. The van der Waals surface area contributed by atoms with Gasteiger partial charge in [-0.3, -0.25) is 9.69 Å². The minimum atomic E-state index is -2.97. The van der Waals surface area contributed by atoms with E-state index in [0.29, 0.717) is 38.3 Å².